The van der Waals surface area contributed by atoms with Crippen LogP contribution in [0.1, 0.15) is 20.7 Å². The number of carboxylic acids is 2. The van der Waals surface area contributed by atoms with E-state index in [1.807, 2.05) is 0 Å². The summed E-state index contributed by atoms with van der Waals surface area (Å²) in [6.45, 7) is 0. The second-order valence-corrected chi connectivity index (χ2v) is 3.47. The van der Waals surface area contributed by atoms with Crippen LogP contribution in [0.3, 0.4) is 0 Å². The van der Waals surface area contributed by atoms with E-state index in [-0.39, 0.29) is 11.1 Å². The number of rotatable bonds is 2. The molecule has 6 heteroatoms. The molecule has 6 nitrogen and oxygen atoms in total. The molecule has 1 aromatic carbocycles. The summed E-state index contributed by atoms with van der Waals surface area (Å²) in [5.41, 5.74) is 6.24. The fourth-order valence-electron chi connectivity index (χ4n) is 1.12. The zero-order valence-electron chi connectivity index (χ0n) is 9.85. The number of anilines is 1. The Bertz CT molecular complexity index is 520. The number of benzene rings is 1. The first-order valence-corrected chi connectivity index (χ1v) is 5.23. The number of carboxylic acid groups (broad SMARTS) is 2. The molecule has 0 spiro atoms. The smallest absolute Gasteiger partial charge is 0.335 e. The number of nitrogens with zero attached hydrogens (tertiary/aromatic N) is 1. The van der Waals surface area contributed by atoms with Crippen molar-refractivity contribution in [2.75, 3.05) is 5.73 Å². The Morgan fingerprint density at radius 3 is 1.42 bits per heavy atom. The first-order valence-electron chi connectivity index (χ1n) is 5.23. The Hall–Kier alpha value is -2.89. The largest absolute Gasteiger partial charge is 0.478 e. The van der Waals surface area contributed by atoms with Crippen LogP contribution in [-0.2, 0) is 0 Å². The standard InChI is InChI=1S/C8H6O4.C5H6N2/c9-7(10)5-1-2-6(4-3-5)8(11)12;6-5-1-3-7-4-2-5/h1-4H,(H,9,10)(H,11,12);1-4H,(H2,6,7). The van der Waals surface area contributed by atoms with Crippen LogP contribution >= 0.6 is 0 Å². The number of hydrogen-bond donors (Lipinski definition) is 3. The third-order valence-electron chi connectivity index (χ3n) is 2.08. The van der Waals surface area contributed by atoms with Crippen LogP contribution in [-0.4, -0.2) is 27.1 Å². The SMILES string of the molecule is Nc1ccncc1.O=C(O)c1ccc(C(=O)O)cc1. The van der Waals surface area contributed by atoms with Crippen molar-refractivity contribution in [3.63, 3.8) is 0 Å². The Morgan fingerprint density at radius 1 is 0.842 bits per heavy atom. The summed E-state index contributed by atoms with van der Waals surface area (Å²) in [6.07, 6.45) is 3.32. The molecule has 4 N–H and O–H groups in total. The van der Waals surface area contributed by atoms with E-state index in [1.54, 1.807) is 24.5 Å². The van der Waals surface area contributed by atoms with E-state index < -0.39 is 11.9 Å². The molecule has 0 aliphatic rings. The summed E-state index contributed by atoms with van der Waals surface area (Å²) in [5, 5.41) is 16.9. The normalized spacial score (nSPS) is 9.05. The van der Waals surface area contributed by atoms with Crippen molar-refractivity contribution in [1.29, 1.82) is 0 Å². The van der Waals surface area contributed by atoms with Gasteiger partial charge in [-0.15, -0.1) is 0 Å². The first kappa shape index (κ1) is 14.2. The fourth-order valence-corrected chi connectivity index (χ4v) is 1.12. The van der Waals surface area contributed by atoms with Crippen molar-refractivity contribution in [2.45, 2.75) is 0 Å². The van der Waals surface area contributed by atoms with E-state index in [0.717, 1.165) is 5.69 Å². The summed E-state index contributed by atoms with van der Waals surface area (Å²) in [7, 11) is 0. The van der Waals surface area contributed by atoms with Gasteiger partial charge in [0.1, 0.15) is 0 Å². The van der Waals surface area contributed by atoms with Crippen molar-refractivity contribution in [3.8, 4) is 0 Å². The number of nitrogen functional groups attached to an aromatic ring is 1. The minimum absolute atomic E-state index is 0.0833. The minimum atomic E-state index is -1.06. The molecule has 0 atom stereocenters. The van der Waals surface area contributed by atoms with E-state index in [9.17, 15) is 9.59 Å². The van der Waals surface area contributed by atoms with Gasteiger partial charge >= 0.3 is 11.9 Å². The topological polar surface area (TPSA) is 114 Å². The maximum absolute atomic E-state index is 10.3. The number of pyridine rings is 1. The van der Waals surface area contributed by atoms with Crippen LogP contribution in [0.5, 0.6) is 0 Å². The maximum atomic E-state index is 10.3. The summed E-state index contributed by atoms with van der Waals surface area (Å²) in [4.78, 5) is 24.4. The highest BCUT2D eigenvalue weighted by molar-refractivity contribution is 5.91. The molecule has 0 aliphatic heterocycles. The van der Waals surface area contributed by atoms with Gasteiger partial charge in [-0.3, -0.25) is 4.98 Å². The van der Waals surface area contributed by atoms with Crippen LogP contribution in [0.2, 0.25) is 0 Å². The minimum Gasteiger partial charge on any atom is -0.478 e. The molecule has 2 aromatic rings. The molecule has 1 heterocycles. The quantitative estimate of drug-likeness (QED) is 0.758. The van der Waals surface area contributed by atoms with Gasteiger partial charge in [-0.2, -0.15) is 0 Å². The number of hydrogen-bond acceptors (Lipinski definition) is 4. The molecule has 0 aliphatic carbocycles. The van der Waals surface area contributed by atoms with Crippen LogP contribution in [0.25, 0.3) is 0 Å². The average Bonchev–Trinajstić information content (AvgIpc) is 2.40. The molecule has 1 aromatic heterocycles. The molecular formula is C13H12N2O4. The fraction of sp³-hybridized carbons (Fsp3) is 0. The van der Waals surface area contributed by atoms with E-state index in [0.29, 0.717) is 0 Å². The Kier molecular flexibility index (Phi) is 5.04. The molecule has 98 valence electrons. The number of carbonyl (C=O) groups is 2. The van der Waals surface area contributed by atoms with Gasteiger partial charge in [0.15, 0.2) is 0 Å². The number of nitrogens with two attached hydrogens (primary N) is 1. The highest BCUT2D eigenvalue weighted by atomic mass is 16.4. The van der Waals surface area contributed by atoms with Gasteiger partial charge in [-0.25, -0.2) is 9.59 Å². The molecule has 0 unspecified atom stereocenters. The summed E-state index contributed by atoms with van der Waals surface area (Å²) >= 11 is 0. The number of aromatic carboxylic acids is 2. The zero-order valence-corrected chi connectivity index (χ0v) is 9.85. The van der Waals surface area contributed by atoms with Gasteiger partial charge < -0.3 is 15.9 Å². The van der Waals surface area contributed by atoms with Crippen LogP contribution in [0, 0.1) is 0 Å². The van der Waals surface area contributed by atoms with Gasteiger partial charge in [-0.05, 0) is 36.4 Å². The lowest BCUT2D eigenvalue weighted by Gasteiger charge is -1.94. The third-order valence-corrected chi connectivity index (χ3v) is 2.08. The van der Waals surface area contributed by atoms with Gasteiger partial charge in [0.2, 0.25) is 0 Å². The predicted molar refractivity (Wildman–Crippen MR) is 69.0 cm³/mol. The predicted octanol–water partition coefficient (Wildman–Crippen LogP) is 1.75. The highest BCUT2D eigenvalue weighted by Crippen LogP contribution is 2.03. The monoisotopic (exact) mass is 260 g/mol. The van der Waals surface area contributed by atoms with E-state index in [2.05, 4.69) is 4.98 Å². The zero-order chi connectivity index (χ0) is 14.3. The summed E-state index contributed by atoms with van der Waals surface area (Å²) in [6, 6.07) is 8.52. The van der Waals surface area contributed by atoms with Crippen molar-refractivity contribution < 1.29 is 19.8 Å². The Balaban J connectivity index is 0.000000218. The maximum Gasteiger partial charge on any atom is 0.335 e. The Morgan fingerprint density at radius 2 is 1.21 bits per heavy atom. The summed E-state index contributed by atoms with van der Waals surface area (Å²) in [5.74, 6) is -2.13. The molecule has 19 heavy (non-hydrogen) atoms. The molecular weight excluding hydrogens is 248 g/mol. The van der Waals surface area contributed by atoms with Crippen LogP contribution in [0.15, 0.2) is 48.8 Å². The van der Waals surface area contributed by atoms with Crippen molar-refractivity contribution in [2.24, 2.45) is 0 Å². The van der Waals surface area contributed by atoms with Gasteiger partial charge in [0.25, 0.3) is 0 Å². The van der Waals surface area contributed by atoms with Crippen LogP contribution < -0.4 is 5.73 Å². The molecule has 0 amide bonds. The van der Waals surface area contributed by atoms with Crippen molar-refractivity contribution in [3.05, 3.63) is 59.9 Å². The Labute approximate surface area is 109 Å². The van der Waals surface area contributed by atoms with Gasteiger partial charge in [0.05, 0.1) is 11.1 Å². The van der Waals surface area contributed by atoms with Crippen LogP contribution in [0.4, 0.5) is 5.69 Å². The van der Waals surface area contributed by atoms with Crippen molar-refractivity contribution in [1.82, 2.24) is 4.98 Å². The van der Waals surface area contributed by atoms with E-state index in [4.69, 9.17) is 15.9 Å². The molecule has 0 radical (unpaired) electrons. The number of aromatic nitrogens is 1. The second kappa shape index (κ2) is 6.75. The molecule has 0 saturated heterocycles. The molecule has 2 rings (SSSR count). The van der Waals surface area contributed by atoms with E-state index >= 15 is 0 Å². The molecule has 0 fully saturated rings. The lowest BCUT2D eigenvalue weighted by Crippen LogP contribution is -1.99. The molecule has 0 saturated carbocycles. The summed E-state index contributed by atoms with van der Waals surface area (Å²) < 4.78 is 0. The van der Waals surface area contributed by atoms with Gasteiger partial charge in [-0.1, -0.05) is 0 Å². The van der Waals surface area contributed by atoms with Crippen molar-refractivity contribution >= 4 is 17.6 Å². The third kappa shape index (κ3) is 4.86. The van der Waals surface area contributed by atoms with Gasteiger partial charge in [0, 0.05) is 18.1 Å². The lowest BCUT2D eigenvalue weighted by atomic mass is 10.1. The first-order chi connectivity index (χ1) is 9.00. The lowest BCUT2D eigenvalue weighted by molar-refractivity contribution is 0.0681. The molecule has 0 bridgehead atoms. The highest BCUT2D eigenvalue weighted by Gasteiger charge is 2.04. The van der Waals surface area contributed by atoms with E-state index in [1.165, 1.54) is 24.3 Å². The second-order valence-electron chi connectivity index (χ2n) is 3.47. The average molecular weight is 260 g/mol.